The molecule has 0 atom stereocenters. The number of benzene rings is 1. The SMILES string of the molecule is Cl.O=C(Nc1cccc(Cn2nc(-c3nccs3)ccc2=O)c1)OCCCN1CCOCC1. The van der Waals surface area contributed by atoms with E-state index in [-0.39, 0.29) is 24.5 Å². The number of halogens is 1. The van der Waals surface area contributed by atoms with Crippen LogP contribution in [0.15, 0.2) is 52.8 Å². The first-order valence-corrected chi connectivity index (χ1v) is 11.4. The lowest BCUT2D eigenvalue weighted by atomic mass is 10.2. The monoisotopic (exact) mass is 491 g/mol. The van der Waals surface area contributed by atoms with Gasteiger partial charge in [0.15, 0.2) is 0 Å². The summed E-state index contributed by atoms with van der Waals surface area (Å²) >= 11 is 1.46. The third-order valence-corrected chi connectivity index (χ3v) is 5.77. The van der Waals surface area contributed by atoms with Gasteiger partial charge in [0.2, 0.25) is 0 Å². The minimum absolute atomic E-state index is 0. The maximum absolute atomic E-state index is 12.3. The first-order chi connectivity index (χ1) is 15.7. The van der Waals surface area contributed by atoms with Crippen LogP contribution in [0.4, 0.5) is 10.5 Å². The standard InChI is InChI=1S/C22H25N5O4S.ClH/c28-20-6-5-19(21-23-7-14-32-21)25-27(20)16-17-3-1-4-18(15-17)24-22(29)31-11-2-8-26-9-12-30-13-10-26;/h1,3-7,14-15H,2,8-13,16H2,(H,24,29);1H. The average molecular weight is 492 g/mol. The highest BCUT2D eigenvalue weighted by atomic mass is 35.5. The van der Waals surface area contributed by atoms with E-state index in [0.717, 1.165) is 49.8 Å². The number of carbonyl (C=O) groups excluding carboxylic acids is 1. The van der Waals surface area contributed by atoms with Crippen LogP contribution in [0.25, 0.3) is 10.7 Å². The first kappa shape index (κ1) is 24.8. The lowest BCUT2D eigenvalue weighted by Crippen LogP contribution is -2.37. The molecular weight excluding hydrogens is 466 g/mol. The summed E-state index contributed by atoms with van der Waals surface area (Å²) in [7, 11) is 0. The van der Waals surface area contributed by atoms with Crippen molar-refractivity contribution in [2.75, 3.05) is 44.8 Å². The second-order valence-electron chi connectivity index (χ2n) is 7.32. The minimum Gasteiger partial charge on any atom is -0.449 e. The molecular formula is C22H26ClN5O4S. The number of carbonyl (C=O) groups is 1. The Bertz CT molecular complexity index is 1090. The molecule has 0 spiro atoms. The van der Waals surface area contributed by atoms with Gasteiger partial charge < -0.3 is 9.47 Å². The number of hydrogen-bond acceptors (Lipinski definition) is 8. The van der Waals surface area contributed by atoms with E-state index in [2.05, 4.69) is 20.3 Å². The average Bonchev–Trinajstić information content (AvgIpc) is 3.34. The quantitative estimate of drug-likeness (QED) is 0.483. The normalized spacial score (nSPS) is 13.8. The van der Waals surface area contributed by atoms with Gasteiger partial charge in [-0.1, -0.05) is 12.1 Å². The van der Waals surface area contributed by atoms with E-state index >= 15 is 0 Å². The van der Waals surface area contributed by atoms with Crippen molar-refractivity contribution in [1.82, 2.24) is 19.7 Å². The van der Waals surface area contributed by atoms with E-state index in [0.29, 0.717) is 18.0 Å². The number of rotatable bonds is 8. The van der Waals surface area contributed by atoms with Crippen LogP contribution in [-0.4, -0.2) is 65.2 Å². The fourth-order valence-electron chi connectivity index (χ4n) is 3.38. The molecule has 1 aliphatic heterocycles. The van der Waals surface area contributed by atoms with Gasteiger partial charge in [-0.25, -0.2) is 14.5 Å². The van der Waals surface area contributed by atoms with Crippen LogP contribution in [0.2, 0.25) is 0 Å². The first-order valence-electron chi connectivity index (χ1n) is 10.5. The van der Waals surface area contributed by atoms with Crippen molar-refractivity contribution in [2.24, 2.45) is 0 Å². The lowest BCUT2D eigenvalue weighted by Gasteiger charge is -2.26. The van der Waals surface area contributed by atoms with Crippen LogP contribution in [0, 0.1) is 0 Å². The number of amides is 1. The van der Waals surface area contributed by atoms with Gasteiger partial charge >= 0.3 is 6.09 Å². The third kappa shape index (κ3) is 7.36. The molecule has 33 heavy (non-hydrogen) atoms. The molecule has 1 aromatic carbocycles. The number of morpholine rings is 1. The molecule has 3 aromatic rings. The van der Waals surface area contributed by atoms with Gasteiger partial charge in [-0.05, 0) is 30.2 Å². The highest BCUT2D eigenvalue weighted by molar-refractivity contribution is 7.13. The Labute approximate surface area is 201 Å². The number of anilines is 1. The topological polar surface area (TPSA) is 98.6 Å². The molecule has 0 aliphatic carbocycles. The van der Waals surface area contributed by atoms with E-state index < -0.39 is 6.09 Å². The van der Waals surface area contributed by atoms with Crippen LogP contribution >= 0.6 is 23.7 Å². The van der Waals surface area contributed by atoms with Gasteiger partial charge in [0.1, 0.15) is 10.7 Å². The largest absolute Gasteiger partial charge is 0.449 e. The van der Waals surface area contributed by atoms with Crippen LogP contribution in [-0.2, 0) is 16.0 Å². The van der Waals surface area contributed by atoms with Crippen LogP contribution in [0.1, 0.15) is 12.0 Å². The fraction of sp³-hybridized carbons (Fsp3) is 0.364. The number of aromatic nitrogens is 3. The molecule has 0 saturated carbocycles. The van der Waals surface area contributed by atoms with Crippen molar-refractivity contribution >= 4 is 35.5 Å². The van der Waals surface area contributed by atoms with Crippen molar-refractivity contribution in [3.8, 4) is 10.7 Å². The van der Waals surface area contributed by atoms with Crippen molar-refractivity contribution in [1.29, 1.82) is 0 Å². The van der Waals surface area contributed by atoms with Crippen molar-refractivity contribution < 1.29 is 14.3 Å². The molecule has 0 bridgehead atoms. The Balaban J connectivity index is 0.00000306. The summed E-state index contributed by atoms with van der Waals surface area (Å²) in [6, 6.07) is 10.4. The second-order valence-corrected chi connectivity index (χ2v) is 8.22. The molecule has 4 rings (SSSR count). The summed E-state index contributed by atoms with van der Waals surface area (Å²) in [6.07, 6.45) is 1.98. The smallest absolute Gasteiger partial charge is 0.411 e. The van der Waals surface area contributed by atoms with Gasteiger partial charge in [0.25, 0.3) is 5.56 Å². The summed E-state index contributed by atoms with van der Waals surface area (Å²) in [5.74, 6) is 0. The molecule has 1 saturated heterocycles. The molecule has 1 N–H and O–H groups in total. The number of nitrogens with one attached hydrogen (secondary N) is 1. The Morgan fingerprint density at radius 2 is 2.06 bits per heavy atom. The molecule has 0 unspecified atom stereocenters. The summed E-state index contributed by atoms with van der Waals surface area (Å²) in [5, 5.41) is 9.78. The van der Waals surface area contributed by atoms with E-state index in [4.69, 9.17) is 9.47 Å². The van der Waals surface area contributed by atoms with Gasteiger partial charge in [-0.3, -0.25) is 15.0 Å². The van der Waals surface area contributed by atoms with E-state index in [9.17, 15) is 9.59 Å². The molecule has 1 fully saturated rings. The molecule has 9 nitrogen and oxygen atoms in total. The zero-order chi connectivity index (χ0) is 22.2. The number of nitrogens with zero attached hydrogens (tertiary/aromatic N) is 4. The van der Waals surface area contributed by atoms with Crippen molar-refractivity contribution in [2.45, 2.75) is 13.0 Å². The number of ether oxygens (including phenoxy) is 2. The zero-order valence-corrected chi connectivity index (χ0v) is 19.6. The number of hydrogen-bond donors (Lipinski definition) is 1. The third-order valence-electron chi connectivity index (χ3n) is 4.98. The van der Waals surface area contributed by atoms with Crippen molar-refractivity contribution in [3.63, 3.8) is 0 Å². The van der Waals surface area contributed by atoms with Crippen LogP contribution < -0.4 is 10.9 Å². The van der Waals surface area contributed by atoms with Crippen LogP contribution in [0.3, 0.4) is 0 Å². The van der Waals surface area contributed by atoms with Gasteiger partial charge in [0, 0.05) is 43.0 Å². The second kappa shape index (κ2) is 12.4. The highest BCUT2D eigenvalue weighted by Crippen LogP contribution is 2.18. The van der Waals surface area contributed by atoms with Gasteiger partial charge in [-0.2, -0.15) is 5.10 Å². The van der Waals surface area contributed by atoms with E-state index in [1.807, 2.05) is 17.5 Å². The molecule has 2 aromatic heterocycles. The summed E-state index contributed by atoms with van der Waals surface area (Å²) in [6.45, 7) is 4.87. The van der Waals surface area contributed by atoms with Gasteiger partial charge in [-0.15, -0.1) is 23.7 Å². The molecule has 3 heterocycles. The number of thiazole rings is 1. The maximum Gasteiger partial charge on any atom is 0.411 e. The fourth-order valence-corrected chi connectivity index (χ4v) is 3.98. The summed E-state index contributed by atoms with van der Waals surface area (Å²) in [4.78, 5) is 30.9. The van der Waals surface area contributed by atoms with Gasteiger partial charge in [0.05, 0.1) is 26.4 Å². The molecule has 1 amide bonds. The predicted octanol–water partition coefficient (Wildman–Crippen LogP) is 3.11. The minimum atomic E-state index is -0.495. The Hall–Kier alpha value is -2.79. The summed E-state index contributed by atoms with van der Waals surface area (Å²) in [5.41, 5.74) is 1.88. The van der Waals surface area contributed by atoms with E-state index in [1.54, 1.807) is 24.4 Å². The molecule has 11 heteroatoms. The van der Waals surface area contributed by atoms with Crippen molar-refractivity contribution in [3.05, 3.63) is 63.9 Å². The van der Waals surface area contributed by atoms with Crippen LogP contribution in [0.5, 0.6) is 0 Å². The highest BCUT2D eigenvalue weighted by Gasteiger charge is 2.11. The predicted molar refractivity (Wildman–Crippen MR) is 129 cm³/mol. The lowest BCUT2D eigenvalue weighted by molar-refractivity contribution is 0.0348. The molecule has 1 aliphatic rings. The maximum atomic E-state index is 12.3. The Morgan fingerprint density at radius 3 is 2.85 bits per heavy atom. The Morgan fingerprint density at radius 1 is 1.21 bits per heavy atom. The molecule has 176 valence electrons. The Kier molecular flexibility index (Phi) is 9.37. The summed E-state index contributed by atoms with van der Waals surface area (Å²) < 4.78 is 12.0. The molecule has 0 radical (unpaired) electrons. The van der Waals surface area contributed by atoms with E-state index in [1.165, 1.54) is 22.1 Å². The zero-order valence-electron chi connectivity index (χ0n) is 18.0.